The molecule has 0 bridgehead atoms. The van der Waals surface area contributed by atoms with Gasteiger partial charge in [0, 0.05) is 37.7 Å². The van der Waals surface area contributed by atoms with Crippen molar-refractivity contribution < 1.29 is 14.7 Å². The maximum absolute atomic E-state index is 12.9. The van der Waals surface area contributed by atoms with Crippen LogP contribution in [0.15, 0.2) is 48.7 Å². The van der Waals surface area contributed by atoms with E-state index in [0.29, 0.717) is 18.7 Å². The highest BCUT2D eigenvalue weighted by Crippen LogP contribution is 2.25. The Kier molecular flexibility index (Phi) is 4.83. The number of nitrogens with one attached hydrogen (secondary N) is 1. The van der Waals surface area contributed by atoms with Crippen LogP contribution in [-0.2, 0) is 11.8 Å². The first kappa shape index (κ1) is 18.2. The smallest absolute Gasteiger partial charge is 0.254 e. The Labute approximate surface area is 162 Å². The van der Waals surface area contributed by atoms with E-state index in [2.05, 4.69) is 16.5 Å². The van der Waals surface area contributed by atoms with E-state index in [1.807, 2.05) is 42.2 Å². The minimum atomic E-state index is -0.626. The van der Waals surface area contributed by atoms with Gasteiger partial charge in [0.05, 0.1) is 11.7 Å². The molecule has 144 valence electrons. The van der Waals surface area contributed by atoms with Crippen LogP contribution in [0.3, 0.4) is 0 Å². The van der Waals surface area contributed by atoms with E-state index in [9.17, 15) is 14.7 Å². The zero-order chi connectivity index (χ0) is 19.7. The van der Waals surface area contributed by atoms with Crippen molar-refractivity contribution in [2.75, 3.05) is 19.7 Å². The van der Waals surface area contributed by atoms with Crippen LogP contribution in [0.2, 0.25) is 0 Å². The van der Waals surface area contributed by atoms with Gasteiger partial charge in [-0.15, -0.1) is 0 Å². The normalized spacial score (nSPS) is 17.0. The van der Waals surface area contributed by atoms with Crippen LogP contribution in [0.5, 0.6) is 0 Å². The Hall–Kier alpha value is -3.19. The number of piperazine rings is 1. The Bertz CT molecular complexity index is 1030. The zero-order valence-corrected chi connectivity index (χ0v) is 15.6. The summed E-state index contributed by atoms with van der Waals surface area (Å²) in [5.41, 5.74) is 3.65. The molecule has 7 heteroatoms. The van der Waals surface area contributed by atoms with Crippen molar-refractivity contribution in [2.45, 2.75) is 12.5 Å². The van der Waals surface area contributed by atoms with E-state index in [1.54, 1.807) is 17.0 Å². The Morgan fingerprint density at radius 3 is 2.71 bits per heavy atom. The highest BCUT2D eigenvalue weighted by Gasteiger charge is 2.32. The number of hydrogen-bond acceptors (Lipinski definition) is 4. The van der Waals surface area contributed by atoms with Gasteiger partial charge in [-0.2, -0.15) is 5.10 Å². The molecule has 3 aromatic rings. The maximum Gasteiger partial charge on any atom is 0.254 e. The molecule has 1 aliphatic rings. The van der Waals surface area contributed by atoms with Crippen LogP contribution >= 0.6 is 0 Å². The minimum Gasteiger partial charge on any atom is -0.396 e. The molecule has 0 saturated carbocycles. The van der Waals surface area contributed by atoms with Crippen molar-refractivity contribution in [1.82, 2.24) is 20.0 Å². The first-order valence-electron chi connectivity index (χ1n) is 9.30. The summed E-state index contributed by atoms with van der Waals surface area (Å²) in [6.45, 7) is 0.724. The summed E-state index contributed by atoms with van der Waals surface area (Å²) in [5, 5.41) is 17.3. The second-order valence-electron chi connectivity index (χ2n) is 6.94. The van der Waals surface area contributed by atoms with Crippen molar-refractivity contribution in [3.8, 4) is 11.1 Å². The average Bonchev–Trinajstić information content (AvgIpc) is 3.09. The number of aliphatic hydroxyl groups is 1. The highest BCUT2D eigenvalue weighted by molar-refractivity contribution is 5.98. The Morgan fingerprint density at radius 2 is 1.96 bits per heavy atom. The quantitative estimate of drug-likeness (QED) is 0.721. The van der Waals surface area contributed by atoms with Crippen LogP contribution in [0, 0.1) is 0 Å². The lowest BCUT2D eigenvalue weighted by atomic mass is 10.0. The summed E-state index contributed by atoms with van der Waals surface area (Å²) in [7, 11) is 1.91. The third-order valence-corrected chi connectivity index (χ3v) is 5.21. The minimum absolute atomic E-state index is 0.141. The Balaban J connectivity index is 1.57. The molecule has 1 fully saturated rings. The number of aromatic nitrogens is 2. The fraction of sp³-hybridized carbons (Fsp3) is 0.286. The molecule has 1 atom stereocenters. The first-order valence-corrected chi connectivity index (χ1v) is 9.30. The first-order chi connectivity index (χ1) is 13.6. The third kappa shape index (κ3) is 3.25. The van der Waals surface area contributed by atoms with Crippen molar-refractivity contribution in [3.05, 3.63) is 54.2 Å². The third-order valence-electron chi connectivity index (χ3n) is 5.21. The summed E-state index contributed by atoms with van der Waals surface area (Å²) in [5.74, 6) is -0.405. The number of aryl methyl sites for hydroxylation is 1. The molecule has 0 spiro atoms. The molecular formula is C21H22N4O3. The summed E-state index contributed by atoms with van der Waals surface area (Å²) in [6, 6.07) is 12.9. The topological polar surface area (TPSA) is 87.5 Å². The number of aliphatic hydroxyl groups excluding tert-OH is 1. The molecule has 0 radical (unpaired) electrons. The molecule has 0 aliphatic carbocycles. The molecule has 2 amide bonds. The maximum atomic E-state index is 12.9. The SMILES string of the molecule is Cn1ncc2cc(-c3ccc(C(=O)N4CCNC(=O)[C@@H]4CCO)cc3)ccc21. The van der Waals surface area contributed by atoms with Gasteiger partial charge in [-0.3, -0.25) is 14.3 Å². The lowest BCUT2D eigenvalue weighted by Gasteiger charge is -2.34. The number of amides is 2. The standard InChI is InChI=1S/C21H22N4O3/c1-24-18-7-6-16(12-17(18)13-23-24)14-2-4-15(5-3-14)21(28)25-10-9-22-20(27)19(25)8-11-26/h2-7,12-13,19,26H,8-11H2,1H3,(H,22,27)/t19-/m0/s1. The molecule has 2 N–H and O–H groups in total. The van der Waals surface area contributed by atoms with Gasteiger partial charge in [-0.1, -0.05) is 18.2 Å². The van der Waals surface area contributed by atoms with Crippen molar-refractivity contribution in [1.29, 1.82) is 0 Å². The number of carbonyl (C=O) groups excluding carboxylic acids is 2. The number of carbonyl (C=O) groups is 2. The zero-order valence-electron chi connectivity index (χ0n) is 15.6. The molecule has 7 nitrogen and oxygen atoms in total. The number of benzene rings is 2. The van der Waals surface area contributed by atoms with Gasteiger partial charge in [-0.05, 0) is 41.8 Å². The van der Waals surface area contributed by atoms with Gasteiger partial charge in [0.1, 0.15) is 6.04 Å². The van der Waals surface area contributed by atoms with Gasteiger partial charge >= 0.3 is 0 Å². The summed E-state index contributed by atoms with van der Waals surface area (Å²) in [6.07, 6.45) is 2.07. The van der Waals surface area contributed by atoms with E-state index in [1.165, 1.54) is 0 Å². The predicted molar refractivity (Wildman–Crippen MR) is 106 cm³/mol. The van der Waals surface area contributed by atoms with Gasteiger partial charge in [0.25, 0.3) is 5.91 Å². The van der Waals surface area contributed by atoms with Crippen LogP contribution in [-0.4, -0.2) is 57.3 Å². The van der Waals surface area contributed by atoms with Gasteiger partial charge < -0.3 is 15.3 Å². The highest BCUT2D eigenvalue weighted by atomic mass is 16.3. The van der Waals surface area contributed by atoms with Crippen LogP contribution in [0.4, 0.5) is 0 Å². The summed E-state index contributed by atoms with van der Waals surface area (Å²) in [4.78, 5) is 26.5. The second kappa shape index (κ2) is 7.44. The monoisotopic (exact) mass is 378 g/mol. The molecule has 1 aromatic heterocycles. The number of rotatable bonds is 4. The van der Waals surface area contributed by atoms with E-state index >= 15 is 0 Å². The number of fused-ring (bicyclic) bond motifs is 1. The van der Waals surface area contributed by atoms with Crippen LogP contribution in [0.25, 0.3) is 22.0 Å². The van der Waals surface area contributed by atoms with E-state index in [-0.39, 0.29) is 24.8 Å². The Morgan fingerprint density at radius 1 is 1.21 bits per heavy atom. The van der Waals surface area contributed by atoms with E-state index < -0.39 is 6.04 Å². The molecular weight excluding hydrogens is 356 g/mol. The van der Waals surface area contributed by atoms with Crippen molar-refractivity contribution in [2.24, 2.45) is 7.05 Å². The molecule has 2 heterocycles. The van der Waals surface area contributed by atoms with Crippen LogP contribution in [0.1, 0.15) is 16.8 Å². The van der Waals surface area contributed by atoms with E-state index in [4.69, 9.17) is 0 Å². The largest absolute Gasteiger partial charge is 0.396 e. The lowest BCUT2D eigenvalue weighted by molar-refractivity contribution is -0.128. The average molecular weight is 378 g/mol. The molecule has 1 saturated heterocycles. The number of nitrogens with zero attached hydrogens (tertiary/aromatic N) is 3. The van der Waals surface area contributed by atoms with Crippen LogP contribution < -0.4 is 5.32 Å². The van der Waals surface area contributed by atoms with E-state index in [0.717, 1.165) is 22.0 Å². The molecule has 1 aliphatic heterocycles. The molecule has 2 aromatic carbocycles. The van der Waals surface area contributed by atoms with Gasteiger partial charge in [-0.25, -0.2) is 0 Å². The van der Waals surface area contributed by atoms with Crippen molar-refractivity contribution in [3.63, 3.8) is 0 Å². The van der Waals surface area contributed by atoms with Crippen molar-refractivity contribution >= 4 is 22.7 Å². The van der Waals surface area contributed by atoms with Gasteiger partial charge in [0.15, 0.2) is 0 Å². The summed E-state index contributed by atoms with van der Waals surface area (Å²) < 4.78 is 1.83. The number of hydrogen-bond donors (Lipinski definition) is 2. The summed E-state index contributed by atoms with van der Waals surface area (Å²) >= 11 is 0. The fourth-order valence-electron chi connectivity index (χ4n) is 3.68. The molecule has 28 heavy (non-hydrogen) atoms. The second-order valence-corrected chi connectivity index (χ2v) is 6.94. The fourth-order valence-corrected chi connectivity index (χ4v) is 3.68. The van der Waals surface area contributed by atoms with Gasteiger partial charge in [0.2, 0.25) is 5.91 Å². The molecule has 0 unspecified atom stereocenters. The molecule has 4 rings (SSSR count). The predicted octanol–water partition coefficient (Wildman–Crippen LogP) is 1.56. The lowest BCUT2D eigenvalue weighted by Crippen LogP contribution is -2.57.